The fourth-order valence-corrected chi connectivity index (χ4v) is 3.92. The Morgan fingerprint density at radius 3 is 2.54 bits per heavy atom. The largest absolute Gasteiger partial charge is 0.496 e. The van der Waals surface area contributed by atoms with Crippen LogP contribution in [0.2, 0.25) is 0 Å². The molecular weight excluding hydrogens is 448 g/mol. The average Bonchev–Trinajstić information content (AvgIpc) is 3.13. The molecule has 9 heteroatoms. The third-order valence-electron chi connectivity index (χ3n) is 5.70. The van der Waals surface area contributed by atoms with Crippen molar-refractivity contribution in [3.8, 4) is 5.75 Å². The summed E-state index contributed by atoms with van der Waals surface area (Å²) in [6.07, 6.45) is 2.56. The van der Waals surface area contributed by atoms with Gasteiger partial charge in [-0.2, -0.15) is 0 Å². The highest BCUT2D eigenvalue weighted by Gasteiger charge is 2.26. The highest BCUT2D eigenvalue weighted by molar-refractivity contribution is 6.11. The van der Waals surface area contributed by atoms with Gasteiger partial charge in [-0.05, 0) is 42.5 Å². The molecule has 2 N–H and O–H groups in total. The van der Waals surface area contributed by atoms with Crippen molar-refractivity contribution < 1.29 is 23.8 Å². The Labute approximate surface area is 205 Å². The SMILES string of the molecule is COCC(=O)Nc1c(C(=O)OC)n(CCC(C)C)c2ncc(NCc3ccc(OC)c(C)c3)cc12. The number of fused-ring (bicyclic) bond motifs is 1. The summed E-state index contributed by atoms with van der Waals surface area (Å²) in [6, 6.07) is 7.89. The summed E-state index contributed by atoms with van der Waals surface area (Å²) in [5, 5.41) is 6.86. The fraction of sp³-hybridized carbons (Fsp3) is 0.423. The number of carbonyl (C=O) groups is 2. The molecule has 0 bridgehead atoms. The zero-order valence-corrected chi connectivity index (χ0v) is 21.2. The first kappa shape index (κ1) is 26.0. The van der Waals surface area contributed by atoms with Gasteiger partial charge in [-0.25, -0.2) is 9.78 Å². The minimum absolute atomic E-state index is 0.137. The van der Waals surface area contributed by atoms with Crippen molar-refractivity contribution in [2.75, 3.05) is 38.6 Å². The van der Waals surface area contributed by atoms with Gasteiger partial charge in [0.25, 0.3) is 0 Å². The van der Waals surface area contributed by atoms with Crippen LogP contribution in [-0.4, -0.2) is 49.4 Å². The Bertz CT molecular complexity index is 1200. The first-order chi connectivity index (χ1) is 16.8. The van der Waals surface area contributed by atoms with Gasteiger partial charge in [0.1, 0.15) is 18.0 Å². The van der Waals surface area contributed by atoms with Crippen LogP contribution in [0.3, 0.4) is 0 Å². The molecule has 0 fully saturated rings. The van der Waals surface area contributed by atoms with Gasteiger partial charge in [0.15, 0.2) is 5.69 Å². The van der Waals surface area contributed by atoms with Gasteiger partial charge in [0.2, 0.25) is 5.91 Å². The van der Waals surface area contributed by atoms with E-state index in [1.165, 1.54) is 14.2 Å². The smallest absolute Gasteiger partial charge is 0.356 e. The highest BCUT2D eigenvalue weighted by Crippen LogP contribution is 2.33. The first-order valence-electron chi connectivity index (χ1n) is 11.6. The molecule has 0 atom stereocenters. The van der Waals surface area contributed by atoms with E-state index in [0.717, 1.165) is 29.0 Å². The maximum atomic E-state index is 12.8. The van der Waals surface area contributed by atoms with Crippen molar-refractivity contribution in [2.45, 2.75) is 40.3 Å². The average molecular weight is 483 g/mol. The fourth-order valence-electron chi connectivity index (χ4n) is 3.92. The normalized spacial score (nSPS) is 11.1. The van der Waals surface area contributed by atoms with Crippen LogP contribution in [0.4, 0.5) is 11.4 Å². The van der Waals surface area contributed by atoms with Gasteiger partial charge >= 0.3 is 5.97 Å². The van der Waals surface area contributed by atoms with Crippen molar-refractivity contribution >= 4 is 34.3 Å². The number of amides is 1. The third kappa shape index (κ3) is 6.10. The maximum absolute atomic E-state index is 12.8. The number of aryl methyl sites for hydroxylation is 2. The Balaban J connectivity index is 2.03. The number of pyridine rings is 1. The summed E-state index contributed by atoms with van der Waals surface area (Å²) in [6.45, 7) is 7.22. The lowest BCUT2D eigenvalue weighted by Gasteiger charge is -2.12. The number of benzene rings is 1. The standard InChI is InChI=1S/C26H34N4O5/c1-16(2)9-10-30-24(26(32)35-6)23(29-22(31)15-33-4)20-12-19(14-28-25(20)30)27-13-18-7-8-21(34-5)17(3)11-18/h7-8,11-12,14,16,27H,9-10,13,15H2,1-6H3,(H,29,31). The number of hydrogen-bond donors (Lipinski definition) is 2. The van der Waals surface area contributed by atoms with Gasteiger partial charge in [0, 0.05) is 25.6 Å². The Hall–Kier alpha value is -3.59. The molecule has 0 saturated carbocycles. The van der Waals surface area contributed by atoms with E-state index in [2.05, 4.69) is 35.5 Å². The molecule has 9 nitrogen and oxygen atoms in total. The summed E-state index contributed by atoms with van der Waals surface area (Å²) in [4.78, 5) is 29.9. The van der Waals surface area contributed by atoms with E-state index in [0.29, 0.717) is 35.7 Å². The van der Waals surface area contributed by atoms with Crippen LogP contribution in [0.25, 0.3) is 11.0 Å². The lowest BCUT2D eigenvalue weighted by Crippen LogP contribution is -2.20. The molecule has 3 aromatic rings. The Morgan fingerprint density at radius 2 is 1.91 bits per heavy atom. The van der Waals surface area contributed by atoms with Gasteiger partial charge in [0.05, 0.1) is 31.8 Å². The zero-order chi connectivity index (χ0) is 25.5. The van der Waals surface area contributed by atoms with Crippen LogP contribution in [0.5, 0.6) is 5.75 Å². The quantitative estimate of drug-likeness (QED) is 0.391. The topological polar surface area (TPSA) is 104 Å². The second-order valence-corrected chi connectivity index (χ2v) is 8.78. The second-order valence-electron chi connectivity index (χ2n) is 8.78. The molecule has 0 aliphatic carbocycles. The van der Waals surface area contributed by atoms with E-state index in [9.17, 15) is 9.59 Å². The number of anilines is 2. The summed E-state index contributed by atoms with van der Waals surface area (Å²) in [7, 11) is 4.42. The minimum atomic E-state index is -0.539. The van der Waals surface area contributed by atoms with Crippen molar-refractivity contribution in [1.82, 2.24) is 9.55 Å². The number of rotatable bonds is 11. The predicted octanol–water partition coefficient (Wildman–Crippen LogP) is 4.38. The molecule has 0 aliphatic heterocycles. The summed E-state index contributed by atoms with van der Waals surface area (Å²) < 4.78 is 17.2. The van der Waals surface area contributed by atoms with Crippen LogP contribution in [-0.2, 0) is 27.4 Å². The molecule has 1 aromatic carbocycles. The van der Waals surface area contributed by atoms with Crippen LogP contribution in [0.15, 0.2) is 30.5 Å². The number of hydrogen-bond acceptors (Lipinski definition) is 7. The molecule has 0 unspecified atom stereocenters. The number of esters is 1. The van der Waals surface area contributed by atoms with Crippen molar-refractivity contribution in [1.29, 1.82) is 0 Å². The minimum Gasteiger partial charge on any atom is -0.496 e. The van der Waals surface area contributed by atoms with Crippen LogP contribution in [0, 0.1) is 12.8 Å². The molecule has 188 valence electrons. The molecule has 0 saturated heterocycles. The highest BCUT2D eigenvalue weighted by atomic mass is 16.5. The summed E-state index contributed by atoms with van der Waals surface area (Å²) >= 11 is 0. The van der Waals surface area contributed by atoms with E-state index >= 15 is 0 Å². The Morgan fingerprint density at radius 1 is 1.14 bits per heavy atom. The number of ether oxygens (including phenoxy) is 3. The molecule has 0 spiro atoms. The maximum Gasteiger partial charge on any atom is 0.356 e. The monoisotopic (exact) mass is 482 g/mol. The summed E-state index contributed by atoms with van der Waals surface area (Å²) in [5.41, 5.74) is 4.13. The Kier molecular flexibility index (Phi) is 8.70. The second kappa shape index (κ2) is 11.7. The van der Waals surface area contributed by atoms with Gasteiger partial charge in [-0.1, -0.05) is 26.0 Å². The first-order valence-corrected chi connectivity index (χ1v) is 11.6. The summed E-state index contributed by atoms with van der Waals surface area (Å²) in [5.74, 6) is 0.347. The van der Waals surface area contributed by atoms with Crippen LogP contribution < -0.4 is 15.4 Å². The lowest BCUT2D eigenvalue weighted by atomic mass is 10.1. The molecular formula is C26H34N4O5. The van der Waals surface area contributed by atoms with Gasteiger partial charge in [-0.3, -0.25) is 4.79 Å². The molecule has 35 heavy (non-hydrogen) atoms. The van der Waals surface area contributed by atoms with Crippen molar-refractivity contribution in [2.24, 2.45) is 5.92 Å². The van der Waals surface area contributed by atoms with E-state index in [1.807, 2.05) is 29.7 Å². The van der Waals surface area contributed by atoms with E-state index in [1.54, 1.807) is 13.3 Å². The lowest BCUT2D eigenvalue weighted by molar-refractivity contribution is -0.119. The molecule has 0 radical (unpaired) electrons. The molecule has 2 heterocycles. The zero-order valence-electron chi connectivity index (χ0n) is 21.2. The van der Waals surface area contributed by atoms with Crippen LogP contribution in [0.1, 0.15) is 41.9 Å². The number of methoxy groups -OCH3 is 3. The molecule has 1 amide bonds. The van der Waals surface area contributed by atoms with E-state index in [-0.39, 0.29) is 18.2 Å². The molecule has 0 aliphatic rings. The molecule has 2 aromatic heterocycles. The van der Waals surface area contributed by atoms with Crippen LogP contribution >= 0.6 is 0 Å². The van der Waals surface area contributed by atoms with Gasteiger partial charge in [-0.15, -0.1) is 0 Å². The van der Waals surface area contributed by atoms with Crippen molar-refractivity contribution in [3.63, 3.8) is 0 Å². The van der Waals surface area contributed by atoms with E-state index < -0.39 is 5.97 Å². The molecule has 3 rings (SSSR count). The number of carbonyl (C=O) groups excluding carboxylic acids is 2. The number of aromatic nitrogens is 2. The van der Waals surface area contributed by atoms with E-state index in [4.69, 9.17) is 14.2 Å². The number of nitrogens with one attached hydrogen (secondary N) is 2. The van der Waals surface area contributed by atoms with Gasteiger partial charge < -0.3 is 29.4 Å². The number of nitrogens with zero attached hydrogens (tertiary/aromatic N) is 2. The van der Waals surface area contributed by atoms with Crippen molar-refractivity contribution in [3.05, 3.63) is 47.3 Å². The third-order valence-corrected chi connectivity index (χ3v) is 5.70. The predicted molar refractivity (Wildman–Crippen MR) is 136 cm³/mol.